The maximum atomic E-state index is 12.5. The van der Waals surface area contributed by atoms with Crippen LogP contribution in [-0.4, -0.2) is 41.6 Å². The number of morpholine rings is 1. The third-order valence-electron chi connectivity index (χ3n) is 3.13. The number of rotatable bonds is 2. The number of amides is 1. The molecule has 0 saturated carbocycles. The summed E-state index contributed by atoms with van der Waals surface area (Å²) in [5.41, 5.74) is 1.36. The molecule has 1 saturated heterocycles. The van der Waals surface area contributed by atoms with Gasteiger partial charge in [-0.25, -0.2) is 4.98 Å². The van der Waals surface area contributed by atoms with Crippen LogP contribution >= 0.6 is 11.6 Å². The van der Waals surface area contributed by atoms with Crippen molar-refractivity contribution in [2.45, 2.75) is 26.3 Å². The molecular formula is C13H17ClN2O2. The molecule has 1 aliphatic rings. The molecule has 1 amide bonds. The van der Waals surface area contributed by atoms with Crippen LogP contribution in [-0.2, 0) is 4.74 Å². The van der Waals surface area contributed by atoms with Crippen LogP contribution in [0, 0.1) is 6.92 Å². The molecule has 0 radical (unpaired) electrons. The van der Waals surface area contributed by atoms with E-state index in [2.05, 4.69) is 11.9 Å². The first-order chi connectivity index (χ1) is 8.61. The number of hydrogen-bond donors (Lipinski definition) is 0. The molecule has 0 bridgehead atoms. The summed E-state index contributed by atoms with van der Waals surface area (Å²) < 4.78 is 5.40. The minimum atomic E-state index is 0.0116. The number of pyridine rings is 1. The van der Waals surface area contributed by atoms with Gasteiger partial charge < -0.3 is 9.64 Å². The monoisotopic (exact) mass is 268 g/mol. The van der Waals surface area contributed by atoms with E-state index in [4.69, 9.17) is 16.3 Å². The van der Waals surface area contributed by atoms with Crippen LogP contribution in [0.5, 0.6) is 0 Å². The Balaban J connectivity index is 2.23. The fourth-order valence-electron chi connectivity index (χ4n) is 2.18. The lowest BCUT2D eigenvalue weighted by Gasteiger charge is -2.35. The average molecular weight is 269 g/mol. The molecule has 0 N–H and O–H groups in total. The van der Waals surface area contributed by atoms with E-state index in [1.165, 1.54) is 0 Å². The predicted molar refractivity (Wildman–Crippen MR) is 69.9 cm³/mol. The van der Waals surface area contributed by atoms with Gasteiger partial charge in [-0.2, -0.15) is 0 Å². The quantitative estimate of drug-likeness (QED) is 0.773. The van der Waals surface area contributed by atoms with E-state index in [1.54, 1.807) is 12.1 Å². The van der Waals surface area contributed by atoms with Gasteiger partial charge in [0.05, 0.1) is 19.3 Å². The van der Waals surface area contributed by atoms with Gasteiger partial charge in [0.1, 0.15) is 5.15 Å². The predicted octanol–water partition coefficient (Wildman–Crippen LogP) is 2.29. The van der Waals surface area contributed by atoms with Crippen LogP contribution in [0.4, 0.5) is 0 Å². The van der Waals surface area contributed by atoms with E-state index >= 15 is 0 Å². The molecule has 4 nitrogen and oxygen atoms in total. The molecule has 1 atom stereocenters. The summed E-state index contributed by atoms with van der Waals surface area (Å²) in [5.74, 6) is 0.0116. The Morgan fingerprint density at radius 1 is 1.61 bits per heavy atom. The van der Waals surface area contributed by atoms with E-state index in [-0.39, 0.29) is 11.9 Å². The number of halogens is 1. The summed E-state index contributed by atoms with van der Waals surface area (Å²) in [6, 6.07) is 3.55. The highest BCUT2D eigenvalue weighted by Gasteiger charge is 2.27. The van der Waals surface area contributed by atoms with Gasteiger partial charge in [-0.1, -0.05) is 18.5 Å². The maximum Gasteiger partial charge on any atom is 0.254 e. The molecule has 0 spiro atoms. The Morgan fingerprint density at radius 3 is 3.06 bits per heavy atom. The fraction of sp³-hybridized carbons (Fsp3) is 0.538. The van der Waals surface area contributed by atoms with Gasteiger partial charge in [-0.15, -0.1) is 0 Å². The van der Waals surface area contributed by atoms with Crippen molar-refractivity contribution in [1.29, 1.82) is 0 Å². The fourth-order valence-corrected chi connectivity index (χ4v) is 2.43. The van der Waals surface area contributed by atoms with Gasteiger partial charge in [0, 0.05) is 17.8 Å². The summed E-state index contributed by atoms with van der Waals surface area (Å²) in [7, 11) is 0. The minimum Gasteiger partial charge on any atom is -0.377 e. The van der Waals surface area contributed by atoms with E-state index in [0.29, 0.717) is 30.5 Å². The number of carbonyl (C=O) groups is 1. The molecule has 1 fully saturated rings. The van der Waals surface area contributed by atoms with E-state index in [9.17, 15) is 4.79 Å². The van der Waals surface area contributed by atoms with Gasteiger partial charge in [-0.3, -0.25) is 4.79 Å². The zero-order chi connectivity index (χ0) is 13.1. The van der Waals surface area contributed by atoms with Crippen molar-refractivity contribution in [3.05, 3.63) is 28.5 Å². The molecule has 5 heteroatoms. The van der Waals surface area contributed by atoms with E-state index in [1.807, 2.05) is 11.8 Å². The molecule has 2 heterocycles. The highest BCUT2D eigenvalue weighted by molar-refractivity contribution is 6.29. The number of carbonyl (C=O) groups excluding carboxylic acids is 1. The molecule has 1 unspecified atom stereocenters. The van der Waals surface area contributed by atoms with Crippen molar-refractivity contribution in [3.8, 4) is 0 Å². The Labute approximate surface area is 112 Å². The van der Waals surface area contributed by atoms with Crippen LogP contribution < -0.4 is 0 Å². The summed E-state index contributed by atoms with van der Waals surface area (Å²) in [6.45, 7) is 5.74. The Hall–Kier alpha value is -1.13. The van der Waals surface area contributed by atoms with Crippen LogP contribution in [0.1, 0.15) is 29.4 Å². The Kier molecular flexibility index (Phi) is 4.19. The third-order valence-corrected chi connectivity index (χ3v) is 3.32. The summed E-state index contributed by atoms with van der Waals surface area (Å²) >= 11 is 5.90. The molecule has 18 heavy (non-hydrogen) atoms. The SMILES string of the molecule is CCC1COCCN1C(=O)c1cc(C)nc(Cl)c1. The summed E-state index contributed by atoms with van der Waals surface area (Å²) in [4.78, 5) is 18.4. The van der Waals surface area contributed by atoms with Crippen molar-refractivity contribution in [2.24, 2.45) is 0 Å². The average Bonchev–Trinajstić information content (AvgIpc) is 2.36. The number of hydrogen-bond acceptors (Lipinski definition) is 3. The van der Waals surface area contributed by atoms with Crippen LogP contribution in [0.3, 0.4) is 0 Å². The number of nitrogens with zero attached hydrogens (tertiary/aromatic N) is 2. The molecule has 1 aliphatic heterocycles. The van der Waals surface area contributed by atoms with Gasteiger partial charge in [-0.05, 0) is 25.5 Å². The second-order valence-electron chi connectivity index (χ2n) is 4.46. The van der Waals surface area contributed by atoms with Crippen LogP contribution in [0.15, 0.2) is 12.1 Å². The molecule has 1 aromatic heterocycles. The molecule has 98 valence electrons. The van der Waals surface area contributed by atoms with Crippen molar-refractivity contribution in [2.75, 3.05) is 19.8 Å². The Morgan fingerprint density at radius 2 is 2.39 bits per heavy atom. The van der Waals surface area contributed by atoms with Gasteiger partial charge in [0.15, 0.2) is 0 Å². The maximum absolute atomic E-state index is 12.5. The zero-order valence-electron chi connectivity index (χ0n) is 10.6. The Bertz CT molecular complexity index is 430. The largest absolute Gasteiger partial charge is 0.377 e. The second kappa shape index (κ2) is 5.67. The molecule has 0 aliphatic carbocycles. The number of aromatic nitrogens is 1. The van der Waals surface area contributed by atoms with Crippen molar-refractivity contribution < 1.29 is 9.53 Å². The molecule has 0 aromatic carbocycles. The molecule has 1 aromatic rings. The lowest BCUT2D eigenvalue weighted by Crippen LogP contribution is -2.48. The first kappa shape index (κ1) is 13.3. The van der Waals surface area contributed by atoms with Gasteiger partial charge in [0.2, 0.25) is 0 Å². The second-order valence-corrected chi connectivity index (χ2v) is 4.84. The number of aryl methyl sites for hydroxylation is 1. The topological polar surface area (TPSA) is 42.4 Å². The summed E-state index contributed by atoms with van der Waals surface area (Å²) in [6.07, 6.45) is 0.892. The lowest BCUT2D eigenvalue weighted by molar-refractivity contribution is -0.00280. The summed E-state index contributed by atoms with van der Waals surface area (Å²) in [5, 5.41) is 0.361. The van der Waals surface area contributed by atoms with Crippen molar-refractivity contribution >= 4 is 17.5 Å². The lowest BCUT2D eigenvalue weighted by atomic mass is 10.1. The normalized spacial score (nSPS) is 19.9. The first-order valence-electron chi connectivity index (χ1n) is 6.14. The molecule has 2 rings (SSSR count). The smallest absolute Gasteiger partial charge is 0.254 e. The van der Waals surface area contributed by atoms with Crippen LogP contribution in [0.25, 0.3) is 0 Å². The minimum absolute atomic E-state index is 0.0116. The van der Waals surface area contributed by atoms with E-state index < -0.39 is 0 Å². The highest BCUT2D eigenvalue weighted by Crippen LogP contribution is 2.17. The van der Waals surface area contributed by atoms with E-state index in [0.717, 1.165) is 12.1 Å². The van der Waals surface area contributed by atoms with Crippen LogP contribution in [0.2, 0.25) is 5.15 Å². The standard InChI is InChI=1S/C13H17ClN2O2/c1-3-11-8-18-5-4-16(11)13(17)10-6-9(2)15-12(14)7-10/h6-7,11H,3-5,8H2,1-2H3. The zero-order valence-corrected chi connectivity index (χ0v) is 11.4. The highest BCUT2D eigenvalue weighted by atomic mass is 35.5. The number of ether oxygens (including phenoxy) is 1. The van der Waals surface area contributed by atoms with Gasteiger partial charge >= 0.3 is 0 Å². The van der Waals surface area contributed by atoms with Gasteiger partial charge in [0.25, 0.3) is 5.91 Å². The third kappa shape index (κ3) is 2.82. The van der Waals surface area contributed by atoms with Crippen molar-refractivity contribution in [3.63, 3.8) is 0 Å². The molecular weight excluding hydrogens is 252 g/mol. The first-order valence-corrected chi connectivity index (χ1v) is 6.52. The van der Waals surface area contributed by atoms with Crippen molar-refractivity contribution in [1.82, 2.24) is 9.88 Å².